The zero-order valence-electron chi connectivity index (χ0n) is 14.8. The van der Waals surface area contributed by atoms with Gasteiger partial charge in [0.15, 0.2) is 6.61 Å². The Kier molecular flexibility index (Phi) is 7.93. The number of halogens is 3. The van der Waals surface area contributed by atoms with Crippen LogP contribution in [0.15, 0.2) is 29.2 Å². The van der Waals surface area contributed by atoms with Crippen molar-refractivity contribution in [1.82, 2.24) is 15.4 Å². The Morgan fingerprint density at radius 1 is 1.11 bits per heavy atom. The molecule has 0 fully saturated rings. The summed E-state index contributed by atoms with van der Waals surface area (Å²) in [5.41, 5.74) is -0.0715. The van der Waals surface area contributed by atoms with Gasteiger partial charge in [0.2, 0.25) is 10.0 Å². The predicted octanol–water partition coefficient (Wildman–Crippen LogP) is 0.918. The van der Waals surface area contributed by atoms with Crippen molar-refractivity contribution in [3.8, 4) is 0 Å². The molecular formula is C15H18F3N3O6S. The smallest absolute Gasteiger partial charge is 0.405 e. The van der Waals surface area contributed by atoms with Crippen molar-refractivity contribution in [2.75, 3.05) is 13.2 Å². The highest BCUT2D eigenvalue weighted by Gasteiger charge is 2.28. The number of carbonyl (C=O) groups is 3. The summed E-state index contributed by atoms with van der Waals surface area (Å²) < 4.78 is 66.7. The molecule has 3 amide bonds. The fraction of sp³-hybridized carbons (Fsp3) is 0.400. The van der Waals surface area contributed by atoms with Gasteiger partial charge in [-0.05, 0) is 38.1 Å². The van der Waals surface area contributed by atoms with Gasteiger partial charge in [-0.15, -0.1) is 0 Å². The van der Waals surface area contributed by atoms with Crippen LogP contribution in [0.5, 0.6) is 0 Å². The maximum absolute atomic E-state index is 12.0. The first kappa shape index (κ1) is 23.4. The molecule has 0 aliphatic heterocycles. The topological polar surface area (TPSA) is 131 Å². The van der Waals surface area contributed by atoms with Crippen molar-refractivity contribution in [3.63, 3.8) is 0 Å². The molecule has 0 aliphatic carbocycles. The third kappa shape index (κ3) is 8.35. The number of carbonyl (C=O) groups excluding carboxylic acids is 3. The highest BCUT2D eigenvalue weighted by molar-refractivity contribution is 7.89. The number of imide groups is 1. The normalized spacial score (nSPS) is 11.8. The Hall–Kier alpha value is -2.67. The number of urea groups is 1. The summed E-state index contributed by atoms with van der Waals surface area (Å²) in [4.78, 5) is 34.2. The van der Waals surface area contributed by atoms with E-state index < -0.39 is 47.3 Å². The quantitative estimate of drug-likeness (QED) is 0.557. The van der Waals surface area contributed by atoms with Gasteiger partial charge in [0, 0.05) is 6.04 Å². The molecule has 9 nitrogen and oxygen atoms in total. The highest BCUT2D eigenvalue weighted by atomic mass is 32.2. The summed E-state index contributed by atoms with van der Waals surface area (Å²) in [6.07, 6.45) is -4.64. The van der Waals surface area contributed by atoms with E-state index in [1.165, 1.54) is 5.32 Å². The molecule has 1 rings (SSSR count). The lowest BCUT2D eigenvalue weighted by atomic mass is 10.2. The van der Waals surface area contributed by atoms with E-state index in [0.717, 1.165) is 24.3 Å². The predicted molar refractivity (Wildman–Crippen MR) is 89.8 cm³/mol. The van der Waals surface area contributed by atoms with E-state index in [9.17, 15) is 36.0 Å². The van der Waals surface area contributed by atoms with E-state index in [2.05, 4.69) is 9.46 Å². The Morgan fingerprint density at radius 2 is 1.68 bits per heavy atom. The van der Waals surface area contributed by atoms with E-state index >= 15 is 0 Å². The largest absolute Gasteiger partial charge is 0.452 e. The minimum Gasteiger partial charge on any atom is -0.452 e. The van der Waals surface area contributed by atoms with Crippen LogP contribution in [-0.4, -0.2) is 51.7 Å². The van der Waals surface area contributed by atoms with Crippen molar-refractivity contribution in [1.29, 1.82) is 0 Å². The molecule has 0 radical (unpaired) electrons. The molecule has 0 saturated carbocycles. The summed E-state index contributed by atoms with van der Waals surface area (Å²) >= 11 is 0. The van der Waals surface area contributed by atoms with Crippen LogP contribution < -0.4 is 15.4 Å². The van der Waals surface area contributed by atoms with Crippen molar-refractivity contribution in [2.45, 2.75) is 31.0 Å². The number of esters is 1. The molecule has 0 bridgehead atoms. The first-order valence-corrected chi connectivity index (χ1v) is 9.22. The zero-order chi connectivity index (χ0) is 21.5. The van der Waals surface area contributed by atoms with Crippen molar-refractivity contribution in [3.05, 3.63) is 29.8 Å². The van der Waals surface area contributed by atoms with Crippen molar-refractivity contribution in [2.24, 2.45) is 0 Å². The number of sulfonamides is 1. The summed E-state index contributed by atoms with van der Waals surface area (Å²) in [5.74, 6) is -2.14. The van der Waals surface area contributed by atoms with Crippen LogP contribution >= 0.6 is 0 Å². The molecular weight excluding hydrogens is 407 g/mol. The average Bonchev–Trinajstić information content (AvgIpc) is 2.56. The molecule has 156 valence electrons. The van der Waals surface area contributed by atoms with E-state index in [1.807, 2.05) is 0 Å². The molecule has 1 aromatic rings. The van der Waals surface area contributed by atoms with Gasteiger partial charge in [-0.1, -0.05) is 0 Å². The van der Waals surface area contributed by atoms with Crippen molar-refractivity contribution >= 4 is 27.9 Å². The third-order valence-corrected chi connectivity index (χ3v) is 4.50. The van der Waals surface area contributed by atoms with E-state index in [4.69, 9.17) is 0 Å². The lowest BCUT2D eigenvalue weighted by Gasteiger charge is -2.10. The number of ether oxygens (including phenoxy) is 1. The van der Waals surface area contributed by atoms with Gasteiger partial charge in [-0.25, -0.2) is 22.7 Å². The Balaban J connectivity index is 2.55. The molecule has 13 heteroatoms. The second-order valence-corrected chi connectivity index (χ2v) is 7.44. The van der Waals surface area contributed by atoms with Gasteiger partial charge in [0.1, 0.15) is 6.54 Å². The molecule has 1 aromatic carbocycles. The minimum atomic E-state index is -4.64. The molecule has 0 saturated heterocycles. The monoisotopic (exact) mass is 425 g/mol. The van der Waals surface area contributed by atoms with E-state index in [0.29, 0.717) is 0 Å². The summed E-state index contributed by atoms with van der Waals surface area (Å²) in [7, 11) is -3.75. The van der Waals surface area contributed by atoms with Crippen LogP contribution in [-0.2, 0) is 19.6 Å². The van der Waals surface area contributed by atoms with Crippen LogP contribution in [0.2, 0.25) is 0 Å². The number of nitrogens with one attached hydrogen (secondary N) is 3. The molecule has 0 atom stereocenters. The van der Waals surface area contributed by atoms with Crippen LogP contribution in [0.25, 0.3) is 0 Å². The van der Waals surface area contributed by atoms with Gasteiger partial charge in [-0.3, -0.25) is 10.1 Å². The maximum Gasteiger partial charge on any atom is 0.405 e. The second-order valence-electron chi connectivity index (χ2n) is 5.72. The lowest BCUT2D eigenvalue weighted by molar-refractivity contribution is -0.125. The Morgan fingerprint density at radius 3 is 2.18 bits per heavy atom. The standard InChI is InChI=1S/C15H18F3N3O6S/c1-9(2)21-28(25,26)11-5-3-10(4-6-11)13(23)27-7-12(22)20-14(24)19-8-15(16,17)18/h3-6,9,21H,7-8H2,1-2H3,(H2,19,20,22,24). The second kappa shape index (κ2) is 9.50. The first-order valence-electron chi connectivity index (χ1n) is 7.74. The minimum absolute atomic E-state index is 0.0715. The number of amides is 3. The first-order chi connectivity index (χ1) is 12.8. The third-order valence-electron chi connectivity index (χ3n) is 2.83. The molecule has 0 spiro atoms. The van der Waals surface area contributed by atoms with Gasteiger partial charge < -0.3 is 10.1 Å². The summed E-state index contributed by atoms with van der Waals surface area (Å²) in [6.45, 7) is 0.718. The number of alkyl halides is 3. The molecule has 0 heterocycles. The van der Waals surface area contributed by atoms with Crippen molar-refractivity contribution < 1.29 is 40.7 Å². The fourth-order valence-electron chi connectivity index (χ4n) is 1.75. The number of hydrogen-bond donors (Lipinski definition) is 3. The number of rotatable bonds is 7. The highest BCUT2D eigenvalue weighted by Crippen LogP contribution is 2.13. The molecule has 0 unspecified atom stereocenters. The Bertz CT molecular complexity index is 822. The zero-order valence-corrected chi connectivity index (χ0v) is 15.6. The SMILES string of the molecule is CC(C)NS(=O)(=O)c1ccc(C(=O)OCC(=O)NC(=O)NCC(F)(F)F)cc1. The molecule has 0 aliphatic rings. The van der Waals surface area contributed by atoms with Gasteiger partial charge in [0.05, 0.1) is 10.5 Å². The lowest BCUT2D eigenvalue weighted by Crippen LogP contribution is -2.44. The van der Waals surface area contributed by atoms with E-state index in [-0.39, 0.29) is 16.5 Å². The van der Waals surface area contributed by atoms with Crippen LogP contribution in [0, 0.1) is 0 Å². The molecule has 3 N–H and O–H groups in total. The van der Waals surface area contributed by atoms with Gasteiger partial charge in [-0.2, -0.15) is 13.2 Å². The van der Waals surface area contributed by atoms with Crippen LogP contribution in [0.1, 0.15) is 24.2 Å². The summed E-state index contributed by atoms with van der Waals surface area (Å²) in [6, 6.07) is 2.90. The Labute approximate surface area is 158 Å². The number of hydrogen-bond acceptors (Lipinski definition) is 6. The van der Waals surface area contributed by atoms with E-state index in [1.54, 1.807) is 19.2 Å². The number of benzene rings is 1. The summed E-state index contributed by atoms with van der Waals surface area (Å²) in [5, 5.41) is 2.96. The fourth-order valence-corrected chi connectivity index (χ4v) is 3.00. The van der Waals surface area contributed by atoms with Crippen LogP contribution in [0.3, 0.4) is 0 Å². The average molecular weight is 425 g/mol. The van der Waals surface area contributed by atoms with Gasteiger partial charge in [0.25, 0.3) is 5.91 Å². The maximum atomic E-state index is 12.0. The molecule has 0 aromatic heterocycles. The van der Waals surface area contributed by atoms with Crippen LogP contribution in [0.4, 0.5) is 18.0 Å². The molecule has 28 heavy (non-hydrogen) atoms. The van der Waals surface area contributed by atoms with Gasteiger partial charge >= 0.3 is 18.2 Å².